The van der Waals surface area contributed by atoms with Gasteiger partial charge in [-0.1, -0.05) is 36.4 Å². The smallest absolute Gasteiger partial charge is 0.268 e. The third-order valence-corrected chi connectivity index (χ3v) is 4.95. The van der Waals surface area contributed by atoms with Crippen molar-refractivity contribution in [1.29, 1.82) is 0 Å². The zero-order valence-corrected chi connectivity index (χ0v) is 15.0. The highest BCUT2D eigenvalue weighted by Crippen LogP contribution is 2.25. The van der Waals surface area contributed by atoms with E-state index in [1.165, 1.54) is 0 Å². The Hall–Kier alpha value is -3.93. The van der Waals surface area contributed by atoms with Gasteiger partial charge in [0.05, 0.1) is 22.3 Å². The average molecular weight is 367 g/mol. The Bertz CT molecular complexity index is 1370. The number of H-pyrrole nitrogens is 1. The van der Waals surface area contributed by atoms with E-state index in [2.05, 4.69) is 15.2 Å². The van der Waals surface area contributed by atoms with Crippen LogP contribution in [0.15, 0.2) is 77.7 Å². The molecule has 2 aromatic carbocycles. The van der Waals surface area contributed by atoms with Gasteiger partial charge in [0.2, 0.25) is 0 Å². The zero-order valence-electron chi connectivity index (χ0n) is 15.0. The maximum absolute atomic E-state index is 13.5. The summed E-state index contributed by atoms with van der Waals surface area (Å²) in [4.78, 5) is 18.0. The van der Waals surface area contributed by atoms with E-state index in [0.29, 0.717) is 34.4 Å². The molecule has 6 heteroatoms. The van der Waals surface area contributed by atoms with E-state index in [1.807, 2.05) is 66.7 Å². The largest absolute Gasteiger partial charge is 0.398 e. The molecule has 6 nitrogen and oxygen atoms in total. The predicted molar refractivity (Wildman–Crippen MR) is 111 cm³/mol. The molecule has 0 unspecified atom stereocenters. The van der Waals surface area contributed by atoms with Crippen molar-refractivity contribution in [1.82, 2.24) is 19.7 Å². The van der Waals surface area contributed by atoms with E-state index in [9.17, 15) is 4.79 Å². The maximum Gasteiger partial charge on any atom is 0.268 e. The molecule has 0 amide bonds. The molecular formula is C22H17N5O. The predicted octanol–water partition coefficient (Wildman–Crippen LogP) is 3.44. The molecule has 0 aliphatic rings. The summed E-state index contributed by atoms with van der Waals surface area (Å²) in [6.07, 6.45) is 2.16. The van der Waals surface area contributed by atoms with Gasteiger partial charge < -0.3 is 5.73 Å². The molecule has 0 atom stereocenters. The van der Waals surface area contributed by atoms with E-state index < -0.39 is 0 Å². The number of nitrogen functional groups attached to an aromatic ring is 1. The molecule has 5 rings (SSSR count). The number of para-hydroxylation sites is 2. The van der Waals surface area contributed by atoms with E-state index in [1.54, 1.807) is 10.8 Å². The second-order valence-corrected chi connectivity index (χ2v) is 6.65. The van der Waals surface area contributed by atoms with Crippen molar-refractivity contribution in [3.05, 3.63) is 94.5 Å². The fourth-order valence-electron chi connectivity index (χ4n) is 3.60. The lowest BCUT2D eigenvalue weighted by Crippen LogP contribution is -2.20. The summed E-state index contributed by atoms with van der Waals surface area (Å²) in [5.74, 6) is 0. The second-order valence-electron chi connectivity index (χ2n) is 6.65. The Labute approximate surface area is 160 Å². The number of nitrogens with one attached hydrogen (secondary N) is 1. The van der Waals surface area contributed by atoms with Crippen molar-refractivity contribution in [2.24, 2.45) is 0 Å². The van der Waals surface area contributed by atoms with Gasteiger partial charge in [-0.15, -0.1) is 0 Å². The molecule has 5 aromatic rings. The van der Waals surface area contributed by atoms with Gasteiger partial charge in [0.1, 0.15) is 5.65 Å². The first-order valence-corrected chi connectivity index (χ1v) is 8.99. The van der Waals surface area contributed by atoms with Gasteiger partial charge in [-0.25, -0.2) is 4.98 Å². The Morgan fingerprint density at radius 3 is 2.57 bits per heavy atom. The van der Waals surface area contributed by atoms with Crippen LogP contribution in [0.1, 0.15) is 11.3 Å². The Morgan fingerprint density at radius 2 is 1.75 bits per heavy atom. The van der Waals surface area contributed by atoms with Crippen molar-refractivity contribution in [2.45, 2.75) is 6.42 Å². The number of benzene rings is 2. The number of rotatable bonds is 3. The number of hydrogen-bond donors (Lipinski definition) is 2. The van der Waals surface area contributed by atoms with Crippen molar-refractivity contribution in [3.8, 4) is 5.69 Å². The van der Waals surface area contributed by atoms with E-state index in [-0.39, 0.29) is 5.56 Å². The van der Waals surface area contributed by atoms with Gasteiger partial charge in [-0.2, -0.15) is 5.10 Å². The van der Waals surface area contributed by atoms with Gasteiger partial charge >= 0.3 is 0 Å². The average Bonchev–Trinajstić information content (AvgIpc) is 3.15. The number of aromatic nitrogens is 4. The fraction of sp³-hybridized carbons (Fsp3) is 0.0455. The quantitative estimate of drug-likeness (QED) is 0.478. The Balaban J connectivity index is 1.84. The number of nitrogens with zero attached hydrogens (tertiary/aromatic N) is 3. The minimum atomic E-state index is -0.148. The first kappa shape index (κ1) is 16.3. The van der Waals surface area contributed by atoms with E-state index >= 15 is 0 Å². The highest BCUT2D eigenvalue weighted by atomic mass is 16.1. The first-order valence-electron chi connectivity index (χ1n) is 8.99. The zero-order chi connectivity index (χ0) is 19.1. The van der Waals surface area contributed by atoms with Crippen LogP contribution in [0.5, 0.6) is 0 Å². The van der Waals surface area contributed by atoms with Gasteiger partial charge in [0, 0.05) is 23.7 Å². The van der Waals surface area contributed by atoms with Crippen LogP contribution in [0, 0.1) is 0 Å². The normalized spacial score (nSPS) is 11.3. The molecule has 0 saturated carbocycles. The molecule has 0 bridgehead atoms. The molecular weight excluding hydrogens is 350 g/mol. The summed E-state index contributed by atoms with van der Waals surface area (Å²) >= 11 is 0. The van der Waals surface area contributed by atoms with Crippen LogP contribution in [0.4, 0.5) is 5.69 Å². The van der Waals surface area contributed by atoms with Crippen LogP contribution in [0.3, 0.4) is 0 Å². The Morgan fingerprint density at radius 1 is 0.964 bits per heavy atom. The summed E-state index contributed by atoms with van der Waals surface area (Å²) in [7, 11) is 0. The topological polar surface area (TPSA) is 89.6 Å². The molecule has 0 fully saturated rings. The number of nitrogens with two attached hydrogens (primary N) is 1. The van der Waals surface area contributed by atoms with Crippen LogP contribution in [0.25, 0.3) is 27.6 Å². The van der Waals surface area contributed by atoms with Crippen LogP contribution < -0.4 is 11.3 Å². The maximum atomic E-state index is 13.5. The SMILES string of the molecule is Nc1ccccc1Cc1n[nH]c2c1c(=O)n(-c1ccccc1)c1ncccc21. The summed E-state index contributed by atoms with van der Waals surface area (Å²) in [6, 6.07) is 21.0. The summed E-state index contributed by atoms with van der Waals surface area (Å²) in [5, 5.41) is 8.91. The van der Waals surface area contributed by atoms with Crippen molar-refractivity contribution in [3.63, 3.8) is 0 Å². The molecule has 3 aromatic heterocycles. The van der Waals surface area contributed by atoms with E-state index in [0.717, 1.165) is 16.6 Å². The third-order valence-electron chi connectivity index (χ3n) is 4.95. The van der Waals surface area contributed by atoms with Crippen LogP contribution in [0.2, 0.25) is 0 Å². The molecule has 0 radical (unpaired) electrons. The number of hydrogen-bond acceptors (Lipinski definition) is 4. The number of aromatic amines is 1. The fourth-order valence-corrected chi connectivity index (χ4v) is 3.60. The molecule has 3 heterocycles. The molecule has 0 aliphatic carbocycles. The van der Waals surface area contributed by atoms with Crippen LogP contribution in [-0.2, 0) is 6.42 Å². The highest BCUT2D eigenvalue weighted by molar-refractivity contribution is 6.03. The summed E-state index contributed by atoms with van der Waals surface area (Å²) in [5.41, 5.74) is 10.3. The van der Waals surface area contributed by atoms with Crippen molar-refractivity contribution in [2.75, 3.05) is 5.73 Å². The Kier molecular flexibility index (Phi) is 3.69. The van der Waals surface area contributed by atoms with Gasteiger partial charge in [0.15, 0.2) is 0 Å². The minimum Gasteiger partial charge on any atom is -0.398 e. The number of fused-ring (bicyclic) bond motifs is 3. The first-order chi connectivity index (χ1) is 13.7. The molecule has 136 valence electrons. The highest BCUT2D eigenvalue weighted by Gasteiger charge is 2.19. The monoisotopic (exact) mass is 367 g/mol. The lowest BCUT2D eigenvalue weighted by molar-refractivity contribution is 1.01. The standard InChI is InChI=1S/C22H17N5O/c23-17-11-5-4-7-14(17)13-18-19-20(26-25-18)16-10-6-12-24-21(16)27(22(19)28)15-8-2-1-3-9-15/h1-12H,13,23H2,(H,25,26). The summed E-state index contributed by atoms with van der Waals surface area (Å²) in [6.45, 7) is 0. The lowest BCUT2D eigenvalue weighted by Gasteiger charge is -2.10. The van der Waals surface area contributed by atoms with Crippen LogP contribution in [-0.4, -0.2) is 19.7 Å². The molecule has 3 N–H and O–H groups in total. The number of anilines is 1. The van der Waals surface area contributed by atoms with E-state index in [4.69, 9.17) is 5.73 Å². The van der Waals surface area contributed by atoms with Crippen molar-refractivity contribution < 1.29 is 0 Å². The van der Waals surface area contributed by atoms with Crippen LogP contribution >= 0.6 is 0 Å². The van der Waals surface area contributed by atoms with Gasteiger partial charge in [0.25, 0.3) is 5.56 Å². The van der Waals surface area contributed by atoms with Gasteiger partial charge in [-0.05, 0) is 35.9 Å². The second kappa shape index (κ2) is 6.35. The number of pyridine rings is 2. The van der Waals surface area contributed by atoms with Gasteiger partial charge in [-0.3, -0.25) is 14.5 Å². The molecule has 0 spiro atoms. The lowest BCUT2D eigenvalue weighted by atomic mass is 10.0. The molecule has 0 saturated heterocycles. The molecule has 28 heavy (non-hydrogen) atoms. The summed E-state index contributed by atoms with van der Waals surface area (Å²) < 4.78 is 1.64. The third kappa shape index (κ3) is 2.46. The minimum absolute atomic E-state index is 0.148. The molecule has 0 aliphatic heterocycles. The van der Waals surface area contributed by atoms with Crippen molar-refractivity contribution >= 4 is 27.6 Å².